The molecule has 0 atom stereocenters. The minimum Gasteiger partial charge on any atom is -0.368 e. The van der Waals surface area contributed by atoms with Crippen molar-refractivity contribution in [3.63, 3.8) is 0 Å². The molecule has 8 nitrogen and oxygen atoms in total. The van der Waals surface area contributed by atoms with E-state index in [-0.39, 0.29) is 11.5 Å². The molecule has 0 radical (unpaired) electrons. The maximum absolute atomic E-state index is 5.64. The summed E-state index contributed by atoms with van der Waals surface area (Å²) in [5, 5.41) is 7.18. The summed E-state index contributed by atoms with van der Waals surface area (Å²) in [5.41, 5.74) is 5.73. The molecule has 1 aliphatic carbocycles. The number of hydrogen-bond donors (Lipinski definition) is 2. The zero-order valence-corrected chi connectivity index (χ0v) is 9.33. The number of nitrogens with two attached hydrogens (primary N) is 1. The van der Waals surface area contributed by atoms with Crippen LogP contribution in [-0.2, 0) is 0 Å². The first-order valence-electron chi connectivity index (χ1n) is 5.29. The minimum absolute atomic E-state index is 0.0907. The second-order valence-electron chi connectivity index (χ2n) is 4.34. The summed E-state index contributed by atoms with van der Waals surface area (Å²) in [7, 11) is 0. The second kappa shape index (κ2) is 3.37. The van der Waals surface area contributed by atoms with Crippen molar-refractivity contribution in [1.29, 1.82) is 0 Å². The van der Waals surface area contributed by atoms with Crippen LogP contribution in [-0.4, -0.2) is 35.3 Å². The van der Waals surface area contributed by atoms with Crippen LogP contribution >= 0.6 is 0 Å². The third kappa shape index (κ3) is 2.01. The number of anilines is 2. The molecule has 88 valence electrons. The molecule has 1 fully saturated rings. The van der Waals surface area contributed by atoms with Gasteiger partial charge in [0.25, 0.3) is 5.95 Å². The van der Waals surface area contributed by atoms with E-state index >= 15 is 0 Å². The monoisotopic (exact) mass is 232 g/mol. The highest BCUT2D eigenvalue weighted by Crippen LogP contribution is 2.37. The van der Waals surface area contributed by atoms with Crippen LogP contribution in [0.3, 0.4) is 0 Å². The fourth-order valence-electron chi connectivity index (χ4n) is 1.43. The normalized spacial score (nSPS) is 16.8. The molecule has 2 aromatic heterocycles. The summed E-state index contributed by atoms with van der Waals surface area (Å²) in [5.74, 6) is 1.00. The van der Waals surface area contributed by atoms with Crippen LogP contribution < -0.4 is 11.1 Å². The number of nitrogens with one attached hydrogen (secondary N) is 1. The molecule has 0 saturated heterocycles. The molecule has 0 aromatic carbocycles. The Kier molecular flexibility index (Phi) is 1.97. The topological polar surface area (TPSA) is 107 Å². The average molecular weight is 232 g/mol. The van der Waals surface area contributed by atoms with Gasteiger partial charge in [-0.05, 0) is 19.8 Å². The molecular formula is C9H12N8. The molecule has 0 spiro atoms. The van der Waals surface area contributed by atoms with Gasteiger partial charge in [-0.1, -0.05) is 0 Å². The van der Waals surface area contributed by atoms with E-state index in [9.17, 15) is 0 Å². The maximum Gasteiger partial charge on any atom is 0.258 e. The Balaban J connectivity index is 1.95. The van der Waals surface area contributed by atoms with E-state index in [2.05, 4.69) is 37.3 Å². The van der Waals surface area contributed by atoms with Crippen LogP contribution in [0.25, 0.3) is 5.95 Å². The molecular weight excluding hydrogens is 220 g/mol. The van der Waals surface area contributed by atoms with Crippen LogP contribution in [0.4, 0.5) is 11.9 Å². The largest absolute Gasteiger partial charge is 0.368 e. The molecule has 1 aliphatic rings. The van der Waals surface area contributed by atoms with Crippen molar-refractivity contribution in [2.24, 2.45) is 0 Å². The van der Waals surface area contributed by atoms with Crippen LogP contribution in [0.1, 0.15) is 19.8 Å². The molecule has 0 aliphatic heterocycles. The van der Waals surface area contributed by atoms with Gasteiger partial charge in [-0.3, -0.25) is 0 Å². The first-order chi connectivity index (χ1) is 8.15. The van der Waals surface area contributed by atoms with Crippen molar-refractivity contribution in [2.45, 2.75) is 25.3 Å². The van der Waals surface area contributed by atoms with E-state index in [1.54, 1.807) is 0 Å². The van der Waals surface area contributed by atoms with Crippen molar-refractivity contribution >= 4 is 11.9 Å². The number of rotatable bonds is 3. The molecule has 8 heteroatoms. The summed E-state index contributed by atoms with van der Waals surface area (Å²) in [4.78, 5) is 16.1. The molecule has 1 saturated carbocycles. The van der Waals surface area contributed by atoms with Gasteiger partial charge in [0, 0.05) is 5.54 Å². The summed E-state index contributed by atoms with van der Waals surface area (Å²) < 4.78 is 1.44. The molecule has 0 amide bonds. The molecule has 2 heterocycles. The Labute approximate surface area is 97.3 Å². The Morgan fingerprint density at radius 3 is 2.82 bits per heavy atom. The van der Waals surface area contributed by atoms with E-state index in [1.165, 1.54) is 17.3 Å². The van der Waals surface area contributed by atoms with Gasteiger partial charge in [0.1, 0.15) is 12.7 Å². The highest BCUT2D eigenvalue weighted by molar-refractivity contribution is 5.38. The molecule has 2 aromatic rings. The van der Waals surface area contributed by atoms with Gasteiger partial charge in [0.05, 0.1) is 0 Å². The predicted octanol–water partition coefficient (Wildman–Crippen LogP) is -0.00110. The third-order valence-corrected chi connectivity index (χ3v) is 2.68. The number of nitrogens with zero attached hydrogens (tertiary/aromatic N) is 6. The van der Waals surface area contributed by atoms with Crippen molar-refractivity contribution < 1.29 is 0 Å². The fraction of sp³-hybridized carbons (Fsp3) is 0.444. The summed E-state index contributed by atoms with van der Waals surface area (Å²) >= 11 is 0. The number of nitrogen functional groups attached to an aromatic ring is 1. The molecule has 0 unspecified atom stereocenters. The van der Waals surface area contributed by atoms with Crippen molar-refractivity contribution in [3.05, 3.63) is 12.7 Å². The highest BCUT2D eigenvalue weighted by atomic mass is 15.4. The van der Waals surface area contributed by atoms with Gasteiger partial charge >= 0.3 is 0 Å². The third-order valence-electron chi connectivity index (χ3n) is 2.68. The molecule has 3 rings (SSSR count). The molecule has 17 heavy (non-hydrogen) atoms. The average Bonchev–Trinajstić information content (AvgIpc) is 2.83. The summed E-state index contributed by atoms with van der Waals surface area (Å²) in [6.07, 6.45) is 5.14. The van der Waals surface area contributed by atoms with Gasteiger partial charge in [-0.25, -0.2) is 4.98 Å². The van der Waals surface area contributed by atoms with Crippen molar-refractivity contribution in [2.75, 3.05) is 11.1 Å². The first kappa shape index (κ1) is 9.94. The van der Waals surface area contributed by atoms with Gasteiger partial charge in [-0.15, -0.1) is 0 Å². The molecule has 3 N–H and O–H groups in total. The van der Waals surface area contributed by atoms with Crippen LogP contribution in [0.15, 0.2) is 12.7 Å². The van der Waals surface area contributed by atoms with Crippen LogP contribution in [0.2, 0.25) is 0 Å². The van der Waals surface area contributed by atoms with Crippen LogP contribution in [0, 0.1) is 0 Å². The Hall–Kier alpha value is -2.25. The Bertz CT molecular complexity index is 530. The van der Waals surface area contributed by atoms with Gasteiger partial charge in [0.15, 0.2) is 0 Å². The maximum atomic E-state index is 5.64. The van der Waals surface area contributed by atoms with E-state index < -0.39 is 0 Å². The van der Waals surface area contributed by atoms with E-state index in [0.717, 1.165) is 12.8 Å². The smallest absolute Gasteiger partial charge is 0.258 e. The Morgan fingerprint density at radius 1 is 1.35 bits per heavy atom. The van der Waals surface area contributed by atoms with Gasteiger partial charge < -0.3 is 11.1 Å². The molecule has 0 bridgehead atoms. The fourth-order valence-corrected chi connectivity index (χ4v) is 1.43. The Morgan fingerprint density at radius 2 is 2.18 bits per heavy atom. The van der Waals surface area contributed by atoms with Crippen molar-refractivity contribution in [3.8, 4) is 5.95 Å². The number of hydrogen-bond acceptors (Lipinski definition) is 7. The zero-order valence-electron chi connectivity index (χ0n) is 9.33. The van der Waals surface area contributed by atoms with Crippen molar-refractivity contribution in [1.82, 2.24) is 29.7 Å². The highest BCUT2D eigenvalue weighted by Gasteiger charge is 2.38. The first-order valence-corrected chi connectivity index (χ1v) is 5.29. The lowest BCUT2D eigenvalue weighted by Crippen LogP contribution is -2.20. The number of aromatic nitrogens is 6. The quantitative estimate of drug-likeness (QED) is 0.766. The second-order valence-corrected chi connectivity index (χ2v) is 4.34. The lowest BCUT2D eigenvalue weighted by Gasteiger charge is -2.11. The van der Waals surface area contributed by atoms with E-state index in [0.29, 0.717) is 11.9 Å². The summed E-state index contributed by atoms with van der Waals surface area (Å²) in [6, 6.07) is 0. The predicted molar refractivity (Wildman–Crippen MR) is 60.4 cm³/mol. The lowest BCUT2D eigenvalue weighted by atomic mass is 10.3. The van der Waals surface area contributed by atoms with Gasteiger partial charge in [0.2, 0.25) is 11.9 Å². The van der Waals surface area contributed by atoms with Gasteiger partial charge in [-0.2, -0.15) is 24.7 Å². The van der Waals surface area contributed by atoms with E-state index in [4.69, 9.17) is 5.73 Å². The lowest BCUT2D eigenvalue weighted by molar-refractivity contribution is 0.772. The standard InChI is InChI=1S/C9H12N8/c1-9(2-3-9)16-7-13-6(10)14-8(15-7)17-5-11-4-12-17/h4-5H,2-3H2,1H3,(H3,10,13,14,15,16). The minimum atomic E-state index is 0.0907. The summed E-state index contributed by atoms with van der Waals surface area (Å²) in [6.45, 7) is 2.11. The SMILES string of the molecule is CC1(Nc2nc(N)nc(-n3cncn3)n2)CC1. The van der Waals surface area contributed by atoms with Crippen LogP contribution in [0.5, 0.6) is 0 Å². The van der Waals surface area contributed by atoms with E-state index in [1.807, 2.05) is 0 Å². The zero-order chi connectivity index (χ0) is 11.9.